The van der Waals surface area contributed by atoms with E-state index in [1.165, 1.54) is 10.9 Å². The van der Waals surface area contributed by atoms with E-state index >= 15 is 0 Å². The van der Waals surface area contributed by atoms with Crippen LogP contribution >= 0.6 is 0 Å². The van der Waals surface area contributed by atoms with Gasteiger partial charge in [-0.15, -0.1) is 0 Å². The van der Waals surface area contributed by atoms with E-state index in [2.05, 4.69) is 17.1 Å². The molecule has 0 atom stereocenters. The Hall–Kier alpha value is -1.41. The van der Waals surface area contributed by atoms with Gasteiger partial charge in [0.15, 0.2) is 0 Å². The lowest BCUT2D eigenvalue weighted by Gasteiger charge is -2.06. The normalized spacial score (nSPS) is 10.8. The molecule has 0 saturated carbocycles. The van der Waals surface area contributed by atoms with Crippen molar-refractivity contribution in [1.29, 1.82) is 0 Å². The summed E-state index contributed by atoms with van der Waals surface area (Å²) in [7, 11) is 0. The second kappa shape index (κ2) is 4.41. The van der Waals surface area contributed by atoms with Gasteiger partial charge in [0.05, 0.1) is 5.52 Å². The summed E-state index contributed by atoms with van der Waals surface area (Å²) in [6.45, 7) is 2.25. The summed E-state index contributed by atoms with van der Waals surface area (Å²) in [4.78, 5) is 4.48. The molecule has 0 aliphatic heterocycles. The number of aryl methyl sites for hydroxylation is 2. The van der Waals surface area contributed by atoms with Crippen molar-refractivity contribution in [3.8, 4) is 0 Å². The lowest BCUT2D eigenvalue weighted by molar-refractivity contribution is 0.289. The minimum atomic E-state index is 0.246. The van der Waals surface area contributed by atoms with Crippen LogP contribution in [0.1, 0.15) is 17.7 Å². The molecule has 0 aliphatic rings. The number of hydrogen-bond acceptors (Lipinski definition) is 2. The molecule has 2 rings (SSSR count). The third-order valence-corrected chi connectivity index (χ3v) is 2.53. The van der Waals surface area contributed by atoms with Gasteiger partial charge in [0.25, 0.3) is 0 Å². The fraction of sp³-hybridized carbons (Fsp3) is 0.308. The Morgan fingerprint density at radius 2 is 2.07 bits per heavy atom. The molecule has 0 radical (unpaired) electrons. The highest BCUT2D eigenvalue weighted by Crippen LogP contribution is 2.19. The zero-order chi connectivity index (χ0) is 10.7. The highest BCUT2D eigenvalue weighted by molar-refractivity contribution is 5.82. The molecule has 0 saturated heterocycles. The molecule has 0 bridgehead atoms. The third-order valence-electron chi connectivity index (χ3n) is 2.53. The maximum atomic E-state index is 8.85. The number of nitrogens with zero attached hydrogens (tertiary/aromatic N) is 1. The van der Waals surface area contributed by atoms with Crippen LogP contribution in [-0.4, -0.2) is 16.7 Å². The Morgan fingerprint density at radius 3 is 2.87 bits per heavy atom. The molecule has 15 heavy (non-hydrogen) atoms. The van der Waals surface area contributed by atoms with Crippen molar-refractivity contribution in [3.05, 3.63) is 41.6 Å². The van der Waals surface area contributed by atoms with Crippen molar-refractivity contribution in [2.45, 2.75) is 19.8 Å². The van der Waals surface area contributed by atoms with E-state index in [4.69, 9.17) is 5.11 Å². The van der Waals surface area contributed by atoms with Gasteiger partial charge in [0, 0.05) is 17.7 Å². The fourth-order valence-electron chi connectivity index (χ4n) is 1.87. The van der Waals surface area contributed by atoms with Crippen molar-refractivity contribution in [2.75, 3.05) is 6.61 Å². The second-order valence-electron chi connectivity index (χ2n) is 3.77. The molecule has 0 aliphatic carbocycles. The van der Waals surface area contributed by atoms with Gasteiger partial charge in [-0.2, -0.15) is 0 Å². The lowest BCUT2D eigenvalue weighted by Crippen LogP contribution is -1.94. The molecule has 0 unspecified atom stereocenters. The Bertz CT molecular complexity index is 465. The van der Waals surface area contributed by atoms with Crippen molar-refractivity contribution in [3.63, 3.8) is 0 Å². The van der Waals surface area contributed by atoms with Gasteiger partial charge in [0.2, 0.25) is 0 Å². The van der Waals surface area contributed by atoms with Gasteiger partial charge in [0.1, 0.15) is 0 Å². The van der Waals surface area contributed by atoms with Crippen LogP contribution in [0.2, 0.25) is 0 Å². The topological polar surface area (TPSA) is 33.1 Å². The zero-order valence-electron chi connectivity index (χ0n) is 8.90. The standard InChI is InChI=1S/C13H15NO/c1-10-9-11(5-4-8-15)12-6-2-3-7-13(12)14-10/h2-3,6-7,9,15H,4-5,8H2,1H3. The van der Waals surface area contributed by atoms with Crippen LogP contribution in [0.3, 0.4) is 0 Å². The van der Waals surface area contributed by atoms with Crippen LogP contribution in [0, 0.1) is 6.92 Å². The number of aromatic nitrogens is 1. The van der Waals surface area contributed by atoms with Gasteiger partial charge in [-0.25, -0.2) is 0 Å². The average Bonchev–Trinajstić information content (AvgIpc) is 2.25. The third kappa shape index (κ3) is 2.16. The highest BCUT2D eigenvalue weighted by Gasteiger charge is 2.02. The molecule has 0 spiro atoms. The molecule has 0 amide bonds. The predicted octanol–water partition coefficient (Wildman–Crippen LogP) is 2.47. The maximum absolute atomic E-state index is 8.85. The van der Waals surface area contributed by atoms with Crippen LogP contribution in [0.4, 0.5) is 0 Å². The molecule has 0 fully saturated rings. The van der Waals surface area contributed by atoms with E-state index in [1.54, 1.807) is 0 Å². The highest BCUT2D eigenvalue weighted by atomic mass is 16.2. The minimum absolute atomic E-state index is 0.246. The van der Waals surface area contributed by atoms with Gasteiger partial charge in [-0.05, 0) is 37.5 Å². The van der Waals surface area contributed by atoms with Crippen LogP contribution in [0.25, 0.3) is 10.9 Å². The Morgan fingerprint density at radius 1 is 1.27 bits per heavy atom. The summed E-state index contributed by atoms with van der Waals surface area (Å²) in [5.74, 6) is 0. The van der Waals surface area contributed by atoms with Gasteiger partial charge in [-0.3, -0.25) is 4.98 Å². The summed E-state index contributed by atoms with van der Waals surface area (Å²) in [6.07, 6.45) is 1.73. The number of rotatable bonds is 3. The molecule has 1 aromatic heterocycles. The Balaban J connectivity index is 2.50. The first-order valence-corrected chi connectivity index (χ1v) is 5.27. The summed E-state index contributed by atoms with van der Waals surface area (Å²) >= 11 is 0. The molecule has 2 aromatic rings. The Labute approximate surface area is 89.6 Å². The lowest BCUT2D eigenvalue weighted by atomic mass is 10.0. The van der Waals surface area contributed by atoms with Crippen LogP contribution in [0.5, 0.6) is 0 Å². The smallest absolute Gasteiger partial charge is 0.0707 e. The van der Waals surface area contributed by atoms with E-state index < -0.39 is 0 Å². The van der Waals surface area contributed by atoms with E-state index in [1.807, 2.05) is 25.1 Å². The largest absolute Gasteiger partial charge is 0.396 e. The molecule has 2 heteroatoms. The number of aliphatic hydroxyl groups is 1. The zero-order valence-corrected chi connectivity index (χ0v) is 8.90. The minimum Gasteiger partial charge on any atom is -0.396 e. The maximum Gasteiger partial charge on any atom is 0.0707 e. The van der Waals surface area contributed by atoms with Crippen molar-refractivity contribution in [1.82, 2.24) is 4.98 Å². The first-order chi connectivity index (χ1) is 7.31. The van der Waals surface area contributed by atoms with Gasteiger partial charge >= 0.3 is 0 Å². The number of aliphatic hydroxyl groups excluding tert-OH is 1. The van der Waals surface area contributed by atoms with Crippen LogP contribution < -0.4 is 0 Å². The van der Waals surface area contributed by atoms with Crippen molar-refractivity contribution in [2.24, 2.45) is 0 Å². The van der Waals surface area contributed by atoms with E-state index in [9.17, 15) is 0 Å². The molecule has 78 valence electrons. The average molecular weight is 201 g/mol. The molecular formula is C13H15NO. The molecular weight excluding hydrogens is 186 g/mol. The van der Waals surface area contributed by atoms with Gasteiger partial charge in [-0.1, -0.05) is 18.2 Å². The number of hydrogen-bond donors (Lipinski definition) is 1. The van der Waals surface area contributed by atoms with Crippen LogP contribution in [-0.2, 0) is 6.42 Å². The van der Waals surface area contributed by atoms with Crippen molar-refractivity contribution >= 4 is 10.9 Å². The first-order valence-electron chi connectivity index (χ1n) is 5.27. The fourth-order valence-corrected chi connectivity index (χ4v) is 1.87. The number of pyridine rings is 1. The second-order valence-corrected chi connectivity index (χ2v) is 3.77. The quantitative estimate of drug-likeness (QED) is 0.827. The van der Waals surface area contributed by atoms with Gasteiger partial charge < -0.3 is 5.11 Å². The number of para-hydroxylation sites is 1. The Kier molecular flexibility index (Phi) is 2.97. The molecule has 2 nitrogen and oxygen atoms in total. The molecule has 1 N–H and O–H groups in total. The van der Waals surface area contributed by atoms with Crippen molar-refractivity contribution < 1.29 is 5.11 Å². The predicted molar refractivity (Wildman–Crippen MR) is 61.9 cm³/mol. The summed E-state index contributed by atoms with van der Waals surface area (Å²) in [5.41, 5.74) is 3.37. The monoisotopic (exact) mass is 201 g/mol. The molecule has 1 heterocycles. The summed E-state index contributed by atoms with van der Waals surface area (Å²) in [6, 6.07) is 10.3. The van der Waals surface area contributed by atoms with E-state index in [0.29, 0.717) is 0 Å². The number of fused-ring (bicyclic) bond motifs is 1. The van der Waals surface area contributed by atoms with E-state index in [0.717, 1.165) is 24.1 Å². The molecule has 1 aromatic carbocycles. The first kappa shape index (κ1) is 10.1. The van der Waals surface area contributed by atoms with Crippen LogP contribution in [0.15, 0.2) is 30.3 Å². The van der Waals surface area contributed by atoms with E-state index in [-0.39, 0.29) is 6.61 Å². The number of benzene rings is 1. The SMILES string of the molecule is Cc1cc(CCCO)c2ccccc2n1. The summed E-state index contributed by atoms with van der Waals surface area (Å²) in [5, 5.41) is 10.1. The summed E-state index contributed by atoms with van der Waals surface area (Å²) < 4.78 is 0.